The van der Waals surface area contributed by atoms with E-state index in [2.05, 4.69) is 11.4 Å². The minimum atomic E-state index is -1.21. The summed E-state index contributed by atoms with van der Waals surface area (Å²) in [5, 5.41) is 4.74. The van der Waals surface area contributed by atoms with Gasteiger partial charge in [-0.15, -0.1) is 0 Å². The Labute approximate surface area is 176 Å². The number of nitrogens with one attached hydrogen (secondary N) is 1. The Hall–Kier alpha value is -3.15. The van der Waals surface area contributed by atoms with Gasteiger partial charge in [0.1, 0.15) is 12.1 Å². The third-order valence-electron chi connectivity index (χ3n) is 6.13. The van der Waals surface area contributed by atoms with Crippen molar-refractivity contribution in [2.24, 2.45) is 0 Å². The first kappa shape index (κ1) is 20.1. The lowest BCUT2D eigenvalue weighted by Gasteiger charge is -2.28. The molecule has 4 amide bonds. The minimum absolute atomic E-state index is 0.226. The molecule has 1 aliphatic heterocycles. The van der Waals surface area contributed by atoms with Crippen molar-refractivity contribution in [3.63, 3.8) is 0 Å². The molecule has 0 radical (unpaired) electrons. The summed E-state index contributed by atoms with van der Waals surface area (Å²) >= 11 is 0. The highest BCUT2D eigenvalue weighted by molar-refractivity contribution is 6.10. The Bertz CT molecular complexity index is 1040. The predicted molar refractivity (Wildman–Crippen MR) is 115 cm³/mol. The highest BCUT2D eigenvalue weighted by Gasteiger charge is 2.50. The van der Waals surface area contributed by atoms with Gasteiger partial charge in [0.15, 0.2) is 0 Å². The Morgan fingerprint density at radius 3 is 2.63 bits per heavy atom. The molecule has 2 aromatic carbocycles. The Morgan fingerprint density at radius 2 is 1.90 bits per heavy atom. The first-order valence-corrected chi connectivity index (χ1v) is 10.6. The molecular weight excluding hydrogens is 378 g/mol. The SMILES string of the molecule is CCN(C(=O)CN1C(=O)NC(C)(c2cccc3ccccc23)C1=O)C1=CCCCC1. The smallest absolute Gasteiger partial charge is 0.319 e. The lowest BCUT2D eigenvalue weighted by Crippen LogP contribution is -2.44. The quantitative estimate of drug-likeness (QED) is 0.767. The van der Waals surface area contributed by atoms with Crippen LogP contribution in [-0.4, -0.2) is 40.7 Å². The average Bonchev–Trinajstić information content (AvgIpc) is 2.98. The summed E-state index contributed by atoms with van der Waals surface area (Å²) in [6, 6.07) is 12.9. The zero-order valence-corrected chi connectivity index (χ0v) is 17.5. The summed E-state index contributed by atoms with van der Waals surface area (Å²) in [6.07, 6.45) is 6.09. The van der Waals surface area contributed by atoms with Crippen LogP contribution in [0.15, 0.2) is 54.2 Å². The topological polar surface area (TPSA) is 69.7 Å². The van der Waals surface area contributed by atoms with Crippen LogP contribution >= 0.6 is 0 Å². The summed E-state index contributed by atoms with van der Waals surface area (Å²) in [5.74, 6) is -0.623. The number of hydrogen-bond acceptors (Lipinski definition) is 3. The van der Waals surface area contributed by atoms with Gasteiger partial charge in [0.25, 0.3) is 5.91 Å². The van der Waals surface area contributed by atoms with E-state index in [1.807, 2.05) is 49.4 Å². The van der Waals surface area contributed by atoms with E-state index >= 15 is 0 Å². The van der Waals surface area contributed by atoms with Gasteiger partial charge in [0, 0.05) is 12.2 Å². The van der Waals surface area contributed by atoms with Crippen molar-refractivity contribution in [3.8, 4) is 0 Å². The number of rotatable bonds is 5. The number of likely N-dealkylation sites (N-methyl/N-ethyl adjacent to an activating group) is 1. The summed E-state index contributed by atoms with van der Waals surface area (Å²) in [6.45, 7) is 3.89. The third kappa shape index (κ3) is 3.36. The van der Waals surface area contributed by atoms with Crippen molar-refractivity contribution >= 4 is 28.6 Å². The molecule has 30 heavy (non-hydrogen) atoms. The summed E-state index contributed by atoms with van der Waals surface area (Å²) in [5.41, 5.74) is 0.521. The second-order valence-electron chi connectivity index (χ2n) is 8.05. The number of fused-ring (bicyclic) bond motifs is 1. The van der Waals surface area contributed by atoms with Crippen LogP contribution in [0.5, 0.6) is 0 Å². The highest BCUT2D eigenvalue weighted by atomic mass is 16.2. The number of carbonyl (C=O) groups is 3. The fourth-order valence-corrected chi connectivity index (χ4v) is 4.51. The Kier molecular flexibility index (Phi) is 5.33. The van der Waals surface area contributed by atoms with Crippen molar-refractivity contribution in [3.05, 3.63) is 59.8 Å². The van der Waals surface area contributed by atoms with Crippen molar-refractivity contribution < 1.29 is 14.4 Å². The first-order chi connectivity index (χ1) is 14.5. The zero-order chi connectivity index (χ0) is 21.3. The number of urea groups is 1. The largest absolute Gasteiger partial charge is 0.325 e. The molecule has 6 nitrogen and oxygen atoms in total. The van der Waals surface area contributed by atoms with E-state index in [1.165, 1.54) is 0 Å². The normalized spacial score (nSPS) is 21.5. The maximum Gasteiger partial charge on any atom is 0.325 e. The number of carbonyl (C=O) groups excluding carboxylic acids is 3. The van der Waals surface area contributed by atoms with Crippen molar-refractivity contribution in [2.45, 2.75) is 45.1 Å². The Morgan fingerprint density at radius 1 is 1.13 bits per heavy atom. The van der Waals surface area contributed by atoms with Crippen LogP contribution in [0.4, 0.5) is 4.79 Å². The van der Waals surface area contributed by atoms with Crippen LogP contribution in [0, 0.1) is 0 Å². The van der Waals surface area contributed by atoms with E-state index in [1.54, 1.807) is 11.8 Å². The molecule has 0 spiro atoms. The maximum atomic E-state index is 13.4. The third-order valence-corrected chi connectivity index (χ3v) is 6.13. The standard InChI is InChI=1S/C24H27N3O3/c1-3-26(18-12-5-4-6-13-18)21(28)16-27-22(29)24(2,25-23(27)30)20-15-9-11-17-10-7-8-14-19(17)20/h7-12,14-15H,3-6,13,16H2,1-2H3,(H,25,30). The summed E-state index contributed by atoms with van der Waals surface area (Å²) in [4.78, 5) is 41.8. The molecule has 2 aromatic rings. The molecule has 1 N–H and O–H groups in total. The van der Waals surface area contributed by atoms with Crippen LogP contribution in [0.3, 0.4) is 0 Å². The number of nitrogens with zero attached hydrogens (tertiary/aromatic N) is 2. The first-order valence-electron chi connectivity index (χ1n) is 10.6. The molecule has 0 saturated carbocycles. The van der Waals surface area contributed by atoms with E-state index in [0.717, 1.165) is 52.6 Å². The van der Waals surface area contributed by atoms with E-state index < -0.39 is 17.5 Å². The monoisotopic (exact) mass is 405 g/mol. The number of imide groups is 1. The highest BCUT2D eigenvalue weighted by Crippen LogP contribution is 2.34. The molecule has 1 aliphatic carbocycles. The van der Waals surface area contributed by atoms with Gasteiger partial charge >= 0.3 is 6.03 Å². The number of hydrogen-bond donors (Lipinski definition) is 1. The van der Waals surface area contributed by atoms with Gasteiger partial charge in [0.2, 0.25) is 5.91 Å². The fraction of sp³-hybridized carbons (Fsp3) is 0.375. The van der Waals surface area contributed by atoms with Gasteiger partial charge < -0.3 is 10.2 Å². The fourth-order valence-electron chi connectivity index (χ4n) is 4.51. The van der Waals surface area contributed by atoms with Gasteiger partial charge in [-0.3, -0.25) is 14.5 Å². The summed E-state index contributed by atoms with van der Waals surface area (Å²) in [7, 11) is 0. The van der Waals surface area contributed by atoms with Crippen molar-refractivity contribution in [1.82, 2.24) is 15.1 Å². The lowest BCUT2D eigenvalue weighted by atomic mass is 9.88. The molecular formula is C24H27N3O3. The molecule has 1 saturated heterocycles. The van der Waals surface area contributed by atoms with Gasteiger partial charge in [-0.1, -0.05) is 48.5 Å². The van der Waals surface area contributed by atoms with Gasteiger partial charge in [0.05, 0.1) is 0 Å². The molecule has 0 aromatic heterocycles. The molecule has 0 bridgehead atoms. The van der Waals surface area contributed by atoms with Crippen LogP contribution in [0.25, 0.3) is 10.8 Å². The van der Waals surface area contributed by atoms with E-state index in [0.29, 0.717) is 6.54 Å². The molecule has 1 atom stereocenters. The molecule has 6 heteroatoms. The molecule has 1 heterocycles. The molecule has 1 fully saturated rings. The van der Waals surface area contributed by atoms with E-state index in [4.69, 9.17) is 0 Å². The molecule has 156 valence electrons. The number of allylic oxidation sites excluding steroid dienone is 2. The minimum Gasteiger partial charge on any atom is -0.319 e. The predicted octanol–water partition coefficient (Wildman–Crippen LogP) is 3.91. The Balaban J connectivity index is 1.61. The van der Waals surface area contributed by atoms with Crippen LogP contribution in [-0.2, 0) is 15.1 Å². The summed E-state index contributed by atoms with van der Waals surface area (Å²) < 4.78 is 0. The zero-order valence-electron chi connectivity index (χ0n) is 17.5. The average molecular weight is 405 g/mol. The number of amides is 4. The maximum absolute atomic E-state index is 13.4. The molecule has 2 aliphatic rings. The molecule has 4 rings (SSSR count). The number of benzene rings is 2. The van der Waals surface area contributed by atoms with Crippen molar-refractivity contribution in [2.75, 3.05) is 13.1 Å². The van der Waals surface area contributed by atoms with E-state index in [9.17, 15) is 14.4 Å². The second kappa shape index (κ2) is 7.94. The molecule has 1 unspecified atom stereocenters. The van der Waals surface area contributed by atoms with Crippen LogP contribution in [0.1, 0.15) is 45.1 Å². The van der Waals surface area contributed by atoms with Crippen molar-refractivity contribution in [1.29, 1.82) is 0 Å². The van der Waals surface area contributed by atoms with Gasteiger partial charge in [-0.05, 0) is 55.9 Å². The van der Waals surface area contributed by atoms with Crippen LogP contribution in [0.2, 0.25) is 0 Å². The van der Waals surface area contributed by atoms with E-state index in [-0.39, 0.29) is 12.5 Å². The van der Waals surface area contributed by atoms with Crippen LogP contribution < -0.4 is 5.32 Å². The lowest BCUT2D eigenvalue weighted by molar-refractivity contribution is -0.137. The van der Waals surface area contributed by atoms with Gasteiger partial charge in [-0.2, -0.15) is 0 Å². The second-order valence-corrected chi connectivity index (χ2v) is 8.05. The van der Waals surface area contributed by atoms with Gasteiger partial charge in [-0.25, -0.2) is 4.79 Å².